The van der Waals surface area contributed by atoms with Gasteiger partial charge in [0, 0.05) is 30.2 Å². The van der Waals surface area contributed by atoms with Crippen LogP contribution in [-0.4, -0.2) is 42.9 Å². The van der Waals surface area contributed by atoms with E-state index in [1.165, 1.54) is 12.1 Å². The average molecular weight is 331 g/mol. The van der Waals surface area contributed by atoms with Gasteiger partial charge >= 0.3 is 0 Å². The fourth-order valence-corrected chi connectivity index (χ4v) is 2.52. The van der Waals surface area contributed by atoms with E-state index in [9.17, 15) is 4.39 Å². The molecule has 0 saturated carbocycles. The van der Waals surface area contributed by atoms with Crippen LogP contribution in [0, 0.1) is 5.82 Å². The van der Waals surface area contributed by atoms with Crippen molar-refractivity contribution in [2.45, 2.75) is 6.10 Å². The summed E-state index contributed by atoms with van der Waals surface area (Å²) in [6.07, 6.45) is -0.287. The van der Waals surface area contributed by atoms with Crippen molar-refractivity contribution in [1.29, 1.82) is 0 Å². The van der Waals surface area contributed by atoms with Crippen molar-refractivity contribution in [3.8, 4) is 0 Å². The molecule has 3 nitrogen and oxygen atoms in total. The second-order valence-corrected chi connectivity index (χ2v) is 4.99. The Hall–Kier alpha value is -0.100. The van der Waals surface area contributed by atoms with Crippen LogP contribution in [0.15, 0.2) is 12.1 Å². The Morgan fingerprint density at radius 2 is 2.11 bits per heavy atom. The summed E-state index contributed by atoms with van der Waals surface area (Å²) in [6, 6.07) is 2.71. The van der Waals surface area contributed by atoms with E-state index in [2.05, 4.69) is 4.90 Å². The maximum atomic E-state index is 13.5. The highest BCUT2D eigenvalue weighted by atomic mass is 35.5. The van der Waals surface area contributed by atoms with E-state index in [-0.39, 0.29) is 30.1 Å². The summed E-state index contributed by atoms with van der Waals surface area (Å²) in [4.78, 5) is 2.05. The van der Waals surface area contributed by atoms with E-state index in [0.29, 0.717) is 30.3 Å². The Balaban J connectivity index is 0.00000180. The zero-order valence-corrected chi connectivity index (χ0v) is 12.4. The third-order valence-corrected chi connectivity index (χ3v) is 3.57. The third-order valence-electron chi connectivity index (χ3n) is 2.95. The van der Waals surface area contributed by atoms with Crippen molar-refractivity contribution >= 4 is 35.6 Å². The minimum atomic E-state index is -0.501. The molecule has 0 aromatic heterocycles. The summed E-state index contributed by atoms with van der Waals surface area (Å²) < 4.78 is 19.1. The number of β-amino-alcohol motifs (C(OH)–C–C–N with tert-alkyl or cyclic N) is 1. The number of rotatable bonds is 3. The van der Waals surface area contributed by atoms with Gasteiger partial charge in [-0.2, -0.15) is 0 Å². The van der Waals surface area contributed by atoms with Gasteiger partial charge in [0.1, 0.15) is 5.82 Å². The van der Waals surface area contributed by atoms with Gasteiger partial charge in [0.2, 0.25) is 0 Å². The van der Waals surface area contributed by atoms with Crippen LogP contribution >= 0.6 is 35.6 Å². The maximum absolute atomic E-state index is 13.5. The second-order valence-electron chi connectivity index (χ2n) is 4.17. The molecule has 0 spiro atoms. The van der Waals surface area contributed by atoms with Gasteiger partial charge in [-0.15, -0.1) is 12.4 Å². The molecule has 1 aromatic carbocycles. The molecule has 1 heterocycles. The molecule has 2 rings (SSSR count). The lowest BCUT2D eigenvalue weighted by Crippen LogP contribution is -2.39. The molecule has 1 fully saturated rings. The number of hydrogen-bond acceptors (Lipinski definition) is 3. The highest BCUT2D eigenvalue weighted by Gasteiger charge is 2.24. The summed E-state index contributed by atoms with van der Waals surface area (Å²) in [7, 11) is 0. The molecule has 1 unspecified atom stereocenters. The van der Waals surface area contributed by atoms with Crippen LogP contribution in [0.1, 0.15) is 11.7 Å². The first-order valence-electron chi connectivity index (χ1n) is 5.71. The first kappa shape index (κ1) is 17.0. The van der Waals surface area contributed by atoms with E-state index in [0.717, 1.165) is 6.54 Å². The Labute approximate surface area is 127 Å². The number of hydrogen-bond donors (Lipinski definition) is 1. The average Bonchev–Trinajstić information content (AvgIpc) is 2.34. The Morgan fingerprint density at radius 3 is 2.79 bits per heavy atom. The quantitative estimate of drug-likeness (QED) is 0.865. The van der Waals surface area contributed by atoms with Crippen LogP contribution in [0.5, 0.6) is 0 Å². The fourth-order valence-electron chi connectivity index (χ4n) is 2.02. The standard InChI is InChI=1S/C12H14Cl2FNO2.ClH/c13-9-6-10(14)11(15)5-8(9)12-7-16(1-3-17)2-4-18-12;/h5-6,12,17H,1-4,7H2;1H. The molecule has 0 bridgehead atoms. The lowest BCUT2D eigenvalue weighted by atomic mass is 10.1. The van der Waals surface area contributed by atoms with Crippen LogP contribution in [0.3, 0.4) is 0 Å². The van der Waals surface area contributed by atoms with E-state index in [1.54, 1.807) is 0 Å². The Kier molecular flexibility index (Phi) is 6.80. The molecule has 0 radical (unpaired) electrons. The monoisotopic (exact) mass is 329 g/mol. The van der Waals surface area contributed by atoms with Crippen LogP contribution in [-0.2, 0) is 4.74 Å². The van der Waals surface area contributed by atoms with E-state index in [4.69, 9.17) is 33.0 Å². The molecular weight excluding hydrogens is 315 g/mol. The van der Waals surface area contributed by atoms with Gasteiger partial charge in [0.15, 0.2) is 0 Å². The molecule has 0 amide bonds. The van der Waals surface area contributed by atoms with Crippen LogP contribution < -0.4 is 0 Å². The van der Waals surface area contributed by atoms with Crippen LogP contribution in [0.25, 0.3) is 0 Å². The minimum absolute atomic E-state index is 0. The maximum Gasteiger partial charge on any atom is 0.142 e. The smallest absolute Gasteiger partial charge is 0.142 e. The zero-order chi connectivity index (χ0) is 13.1. The SMILES string of the molecule is Cl.OCCN1CCOC(c2cc(F)c(Cl)cc2Cl)C1. The van der Waals surface area contributed by atoms with Crippen molar-refractivity contribution < 1.29 is 14.2 Å². The predicted octanol–water partition coefficient (Wildman–Crippen LogP) is 2.92. The molecule has 0 aliphatic carbocycles. The molecule has 108 valence electrons. The van der Waals surface area contributed by atoms with E-state index >= 15 is 0 Å². The lowest BCUT2D eigenvalue weighted by molar-refractivity contribution is -0.0338. The van der Waals surface area contributed by atoms with Gasteiger partial charge in [0.05, 0.1) is 24.3 Å². The first-order chi connectivity index (χ1) is 8.61. The van der Waals surface area contributed by atoms with Gasteiger partial charge < -0.3 is 9.84 Å². The van der Waals surface area contributed by atoms with Crippen LogP contribution in [0.2, 0.25) is 10.0 Å². The van der Waals surface area contributed by atoms with Crippen molar-refractivity contribution in [2.24, 2.45) is 0 Å². The van der Waals surface area contributed by atoms with E-state index in [1.807, 2.05) is 0 Å². The van der Waals surface area contributed by atoms with Gasteiger partial charge in [-0.05, 0) is 12.1 Å². The molecule has 1 N–H and O–H groups in total. The largest absolute Gasteiger partial charge is 0.395 e. The topological polar surface area (TPSA) is 32.7 Å². The van der Waals surface area contributed by atoms with E-state index < -0.39 is 5.82 Å². The number of aliphatic hydroxyl groups excluding tert-OH is 1. The number of halogens is 4. The summed E-state index contributed by atoms with van der Waals surface area (Å²) >= 11 is 11.7. The third kappa shape index (κ3) is 4.18. The number of nitrogens with zero attached hydrogens (tertiary/aromatic N) is 1. The highest BCUT2D eigenvalue weighted by Crippen LogP contribution is 2.32. The molecule has 19 heavy (non-hydrogen) atoms. The molecule has 1 aliphatic heterocycles. The Bertz CT molecular complexity index is 432. The molecular formula is C12H15Cl3FNO2. The normalized spacial score (nSPS) is 20.1. The van der Waals surface area contributed by atoms with Crippen molar-refractivity contribution in [3.63, 3.8) is 0 Å². The summed E-state index contributed by atoms with van der Waals surface area (Å²) in [5.41, 5.74) is 0.598. The number of ether oxygens (including phenoxy) is 1. The number of aliphatic hydroxyl groups is 1. The van der Waals surface area contributed by atoms with Gasteiger partial charge in [-0.3, -0.25) is 4.90 Å². The Morgan fingerprint density at radius 1 is 1.37 bits per heavy atom. The molecule has 1 saturated heterocycles. The van der Waals surface area contributed by atoms with Crippen molar-refractivity contribution in [1.82, 2.24) is 4.90 Å². The molecule has 1 aromatic rings. The van der Waals surface area contributed by atoms with Gasteiger partial charge in [-0.25, -0.2) is 4.39 Å². The second kappa shape index (κ2) is 7.62. The predicted molar refractivity (Wildman–Crippen MR) is 75.9 cm³/mol. The lowest BCUT2D eigenvalue weighted by Gasteiger charge is -2.33. The molecule has 1 aliphatic rings. The fraction of sp³-hybridized carbons (Fsp3) is 0.500. The summed E-state index contributed by atoms with van der Waals surface area (Å²) in [6.45, 7) is 2.54. The first-order valence-corrected chi connectivity index (χ1v) is 6.46. The van der Waals surface area contributed by atoms with Crippen molar-refractivity contribution in [3.05, 3.63) is 33.6 Å². The zero-order valence-electron chi connectivity index (χ0n) is 10.1. The summed E-state index contributed by atoms with van der Waals surface area (Å²) in [5.74, 6) is -0.501. The molecule has 1 atom stereocenters. The number of benzene rings is 1. The summed E-state index contributed by atoms with van der Waals surface area (Å²) in [5, 5.41) is 9.33. The van der Waals surface area contributed by atoms with Gasteiger partial charge in [0.25, 0.3) is 0 Å². The minimum Gasteiger partial charge on any atom is -0.395 e. The van der Waals surface area contributed by atoms with Crippen LogP contribution in [0.4, 0.5) is 4.39 Å². The van der Waals surface area contributed by atoms with Crippen molar-refractivity contribution in [2.75, 3.05) is 32.8 Å². The number of morpholine rings is 1. The highest BCUT2D eigenvalue weighted by molar-refractivity contribution is 6.35. The molecule has 7 heteroatoms. The van der Waals surface area contributed by atoms with Gasteiger partial charge in [-0.1, -0.05) is 23.2 Å².